The molecule has 21 heavy (non-hydrogen) atoms. The van der Waals surface area contributed by atoms with Crippen LogP contribution in [0, 0.1) is 0 Å². The highest BCUT2D eigenvalue weighted by Gasteiger charge is 2.07. The predicted molar refractivity (Wildman–Crippen MR) is 81.1 cm³/mol. The molecule has 106 valence electrons. The maximum Gasteiger partial charge on any atom is 0.200 e. The second-order valence-electron chi connectivity index (χ2n) is 4.19. The Bertz CT molecular complexity index is 775. The number of hydrogen-bond donors (Lipinski definition) is 1. The number of aliphatic hydroxyl groups is 1. The smallest absolute Gasteiger partial charge is 0.200 e. The first-order chi connectivity index (χ1) is 10.3. The molecule has 0 unspecified atom stereocenters. The summed E-state index contributed by atoms with van der Waals surface area (Å²) < 4.78 is 5.48. The van der Waals surface area contributed by atoms with Crippen molar-refractivity contribution in [3.05, 3.63) is 71.1 Å². The standard InChI is InChI=1S/C15H10O2.C2H4O2/c16-15-12-8-4-5-9-14(12)17-10-13(15)11-6-2-1-3-7-11;3-1-2-4/h1-10H;1,4H,2H2. The molecule has 0 aliphatic rings. The number of fused-ring (bicyclic) bond motifs is 1. The average molecular weight is 282 g/mol. The van der Waals surface area contributed by atoms with Crippen LogP contribution < -0.4 is 5.43 Å². The zero-order valence-corrected chi connectivity index (χ0v) is 11.2. The van der Waals surface area contributed by atoms with Gasteiger partial charge in [0.25, 0.3) is 0 Å². The van der Waals surface area contributed by atoms with Gasteiger partial charge in [0.2, 0.25) is 0 Å². The van der Waals surface area contributed by atoms with Gasteiger partial charge in [-0.3, -0.25) is 4.79 Å². The first-order valence-electron chi connectivity index (χ1n) is 6.38. The van der Waals surface area contributed by atoms with Gasteiger partial charge in [-0.15, -0.1) is 0 Å². The fraction of sp³-hybridized carbons (Fsp3) is 0.0588. The molecule has 3 aromatic rings. The lowest BCUT2D eigenvalue weighted by Crippen LogP contribution is -2.04. The van der Waals surface area contributed by atoms with Crippen molar-refractivity contribution in [2.45, 2.75) is 0 Å². The second kappa shape index (κ2) is 7.17. The first kappa shape index (κ1) is 14.7. The molecule has 0 spiro atoms. The summed E-state index contributed by atoms with van der Waals surface area (Å²) in [5.74, 6) is 0. The van der Waals surface area contributed by atoms with Crippen LogP contribution >= 0.6 is 0 Å². The summed E-state index contributed by atoms with van der Waals surface area (Å²) in [6, 6.07) is 16.8. The summed E-state index contributed by atoms with van der Waals surface area (Å²) in [7, 11) is 0. The molecule has 4 nitrogen and oxygen atoms in total. The van der Waals surface area contributed by atoms with Gasteiger partial charge in [-0.25, -0.2) is 0 Å². The van der Waals surface area contributed by atoms with Gasteiger partial charge in [-0.1, -0.05) is 42.5 Å². The molecule has 0 aliphatic heterocycles. The van der Waals surface area contributed by atoms with E-state index in [0.29, 0.717) is 22.8 Å². The number of carbonyl (C=O) groups excluding carboxylic acids is 1. The van der Waals surface area contributed by atoms with Crippen molar-refractivity contribution < 1.29 is 14.3 Å². The van der Waals surface area contributed by atoms with Gasteiger partial charge in [-0.2, -0.15) is 0 Å². The Morgan fingerprint density at radius 3 is 2.29 bits per heavy atom. The SMILES string of the molecule is O=CCO.O=c1c(-c2ccccc2)coc2ccccc12. The van der Waals surface area contributed by atoms with Crippen LogP contribution in [0.1, 0.15) is 0 Å². The Morgan fingerprint density at radius 1 is 1.00 bits per heavy atom. The van der Waals surface area contributed by atoms with E-state index in [2.05, 4.69) is 0 Å². The Labute approximate surface area is 121 Å². The normalized spacial score (nSPS) is 9.76. The number of aliphatic hydroxyl groups excluding tert-OH is 1. The molecular formula is C17H14O4. The third-order valence-corrected chi connectivity index (χ3v) is 2.84. The van der Waals surface area contributed by atoms with E-state index in [9.17, 15) is 4.79 Å². The zero-order chi connectivity index (χ0) is 15.1. The van der Waals surface area contributed by atoms with E-state index in [4.69, 9.17) is 14.3 Å². The molecule has 3 rings (SSSR count). The fourth-order valence-corrected chi connectivity index (χ4v) is 1.89. The summed E-state index contributed by atoms with van der Waals surface area (Å²) in [6.07, 6.45) is 1.96. The van der Waals surface area contributed by atoms with Crippen molar-refractivity contribution in [2.24, 2.45) is 0 Å². The molecule has 0 aliphatic carbocycles. The fourth-order valence-electron chi connectivity index (χ4n) is 1.89. The number of carbonyl (C=O) groups is 1. The monoisotopic (exact) mass is 282 g/mol. The Morgan fingerprint density at radius 2 is 1.62 bits per heavy atom. The predicted octanol–water partition coefficient (Wildman–Crippen LogP) is 2.64. The van der Waals surface area contributed by atoms with Crippen molar-refractivity contribution in [2.75, 3.05) is 6.61 Å². The molecule has 0 atom stereocenters. The topological polar surface area (TPSA) is 67.5 Å². The Kier molecular flexibility index (Phi) is 5.01. The minimum atomic E-state index is -0.361. The molecule has 1 heterocycles. The molecule has 4 heteroatoms. The van der Waals surface area contributed by atoms with E-state index in [1.54, 1.807) is 12.1 Å². The highest BCUT2D eigenvalue weighted by atomic mass is 16.3. The van der Waals surface area contributed by atoms with Crippen LogP contribution in [0.5, 0.6) is 0 Å². The molecule has 0 radical (unpaired) electrons. The highest BCUT2D eigenvalue weighted by Crippen LogP contribution is 2.18. The van der Waals surface area contributed by atoms with Gasteiger partial charge in [0, 0.05) is 0 Å². The Balaban J connectivity index is 0.000000361. The maximum atomic E-state index is 12.3. The number of aldehydes is 1. The van der Waals surface area contributed by atoms with Crippen LogP contribution in [0.25, 0.3) is 22.1 Å². The van der Waals surface area contributed by atoms with Gasteiger partial charge in [0.05, 0.1) is 17.6 Å². The lowest BCUT2D eigenvalue weighted by atomic mass is 10.1. The molecule has 0 fully saturated rings. The quantitative estimate of drug-likeness (QED) is 0.734. The van der Waals surface area contributed by atoms with Crippen molar-refractivity contribution in [3.63, 3.8) is 0 Å². The molecule has 2 aromatic carbocycles. The van der Waals surface area contributed by atoms with Crippen LogP contribution in [0.3, 0.4) is 0 Å². The van der Waals surface area contributed by atoms with Crippen molar-refractivity contribution in [1.82, 2.24) is 0 Å². The number of para-hydroxylation sites is 1. The van der Waals surface area contributed by atoms with Crippen LogP contribution in [-0.2, 0) is 4.79 Å². The van der Waals surface area contributed by atoms with E-state index >= 15 is 0 Å². The number of hydrogen-bond acceptors (Lipinski definition) is 4. The van der Waals surface area contributed by atoms with Crippen molar-refractivity contribution in [3.8, 4) is 11.1 Å². The van der Waals surface area contributed by atoms with Crippen LogP contribution in [0.2, 0.25) is 0 Å². The highest BCUT2D eigenvalue weighted by molar-refractivity contribution is 5.81. The summed E-state index contributed by atoms with van der Waals surface area (Å²) in [5, 5.41) is 8.13. The van der Waals surface area contributed by atoms with E-state index in [-0.39, 0.29) is 12.0 Å². The molecule has 1 aromatic heterocycles. The maximum absolute atomic E-state index is 12.3. The molecular weight excluding hydrogens is 268 g/mol. The lowest BCUT2D eigenvalue weighted by Gasteiger charge is -2.01. The van der Waals surface area contributed by atoms with Gasteiger partial charge in [-0.05, 0) is 17.7 Å². The summed E-state index contributed by atoms with van der Waals surface area (Å²) in [6.45, 7) is -0.361. The summed E-state index contributed by atoms with van der Waals surface area (Å²) in [5.41, 5.74) is 2.12. The van der Waals surface area contributed by atoms with E-state index < -0.39 is 0 Å². The third-order valence-electron chi connectivity index (χ3n) is 2.84. The van der Waals surface area contributed by atoms with Crippen molar-refractivity contribution >= 4 is 17.3 Å². The third kappa shape index (κ3) is 3.43. The van der Waals surface area contributed by atoms with Crippen LogP contribution in [0.4, 0.5) is 0 Å². The molecule has 1 N–H and O–H groups in total. The number of benzene rings is 2. The zero-order valence-electron chi connectivity index (χ0n) is 11.2. The molecule has 0 saturated carbocycles. The van der Waals surface area contributed by atoms with Gasteiger partial charge in [0.1, 0.15) is 18.1 Å². The summed E-state index contributed by atoms with van der Waals surface area (Å²) in [4.78, 5) is 21.2. The first-order valence-corrected chi connectivity index (χ1v) is 6.38. The van der Waals surface area contributed by atoms with E-state index in [1.165, 1.54) is 6.26 Å². The largest absolute Gasteiger partial charge is 0.463 e. The molecule has 0 saturated heterocycles. The lowest BCUT2D eigenvalue weighted by molar-refractivity contribution is -0.110. The van der Waals surface area contributed by atoms with Gasteiger partial charge >= 0.3 is 0 Å². The Hall–Kier alpha value is -2.72. The van der Waals surface area contributed by atoms with E-state index in [0.717, 1.165) is 5.56 Å². The molecule has 0 amide bonds. The van der Waals surface area contributed by atoms with Gasteiger partial charge in [0.15, 0.2) is 5.43 Å². The van der Waals surface area contributed by atoms with Gasteiger partial charge < -0.3 is 14.3 Å². The van der Waals surface area contributed by atoms with E-state index in [1.807, 2.05) is 42.5 Å². The number of rotatable bonds is 2. The van der Waals surface area contributed by atoms with Crippen LogP contribution in [0.15, 0.2) is 70.1 Å². The summed E-state index contributed by atoms with van der Waals surface area (Å²) >= 11 is 0. The minimum absolute atomic E-state index is 0.0121. The van der Waals surface area contributed by atoms with Crippen molar-refractivity contribution in [1.29, 1.82) is 0 Å². The second-order valence-corrected chi connectivity index (χ2v) is 4.19. The average Bonchev–Trinajstić information content (AvgIpc) is 2.56. The molecule has 0 bridgehead atoms. The van der Waals surface area contributed by atoms with Crippen LogP contribution in [-0.4, -0.2) is 18.0 Å². The minimum Gasteiger partial charge on any atom is -0.463 e.